The third-order valence-electron chi connectivity index (χ3n) is 4.14. The van der Waals surface area contributed by atoms with Crippen LogP contribution in [0.15, 0.2) is 75.1 Å². The van der Waals surface area contributed by atoms with Crippen molar-refractivity contribution in [2.24, 2.45) is 0 Å². The molecule has 0 bridgehead atoms. The van der Waals surface area contributed by atoms with E-state index in [4.69, 9.17) is 4.74 Å². The van der Waals surface area contributed by atoms with Gasteiger partial charge in [0.2, 0.25) is 5.91 Å². The molecule has 0 saturated heterocycles. The molecule has 2 aromatic carbocycles. The van der Waals surface area contributed by atoms with E-state index < -0.39 is 10.0 Å². The first-order valence-corrected chi connectivity index (χ1v) is 13.1. The molecule has 0 atom stereocenters. The van der Waals surface area contributed by atoms with Gasteiger partial charge < -0.3 is 10.1 Å². The summed E-state index contributed by atoms with van der Waals surface area (Å²) in [5, 5.41) is 4.58. The highest BCUT2D eigenvalue weighted by atomic mass is 32.2. The Morgan fingerprint density at radius 2 is 1.74 bits per heavy atom. The van der Waals surface area contributed by atoms with Gasteiger partial charge in [-0.1, -0.05) is 19.4 Å². The van der Waals surface area contributed by atoms with Gasteiger partial charge in [0.15, 0.2) is 0 Å². The summed E-state index contributed by atoms with van der Waals surface area (Å²) in [6.07, 6.45) is 2.09. The predicted molar refractivity (Wildman–Crippen MR) is 128 cm³/mol. The lowest BCUT2D eigenvalue weighted by atomic mass is 10.3. The monoisotopic (exact) mass is 476 g/mol. The van der Waals surface area contributed by atoms with Crippen LogP contribution in [0.1, 0.15) is 19.8 Å². The second-order valence-electron chi connectivity index (χ2n) is 6.63. The average molecular weight is 477 g/mol. The summed E-state index contributed by atoms with van der Waals surface area (Å²) in [4.78, 5) is 13.1. The summed E-state index contributed by atoms with van der Waals surface area (Å²) in [7, 11) is -3.56. The molecule has 0 spiro atoms. The van der Waals surface area contributed by atoms with Gasteiger partial charge in [-0.15, -0.1) is 23.1 Å². The van der Waals surface area contributed by atoms with Crippen molar-refractivity contribution in [2.45, 2.75) is 28.9 Å². The zero-order valence-corrected chi connectivity index (χ0v) is 19.5. The third kappa shape index (κ3) is 7.30. The molecule has 9 heteroatoms. The van der Waals surface area contributed by atoms with Crippen LogP contribution in [0.4, 0.5) is 11.4 Å². The van der Waals surface area contributed by atoms with Gasteiger partial charge in [0.05, 0.1) is 12.4 Å². The van der Waals surface area contributed by atoms with Crippen LogP contribution < -0.4 is 14.8 Å². The number of thiophene rings is 1. The maximum Gasteiger partial charge on any atom is 0.271 e. The summed E-state index contributed by atoms with van der Waals surface area (Å²) in [5.74, 6) is 0.914. The maximum atomic E-state index is 12.3. The van der Waals surface area contributed by atoms with Crippen LogP contribution in [-0.4, -0.2) is 26.7 Å². The molecule has 164 valence electrons. The Morgan fingerprint density at radius 1 is 1.03 bits per heavy atom. The average Bonchev–Trinajstić information content (AvgIpc) is 3.31. The Labute approximate surface area is 191 Å². The molecule has 0 aliphatic rings. The summed E-state index contributed by atoms with van der Waals surface area (Å²) in [6, 6.07) is 17.5. The number of carbonyl (C=O) groups is 1. The fourth-order valence-corrected chi connectivity index (χ4v) is 5.31. The SMILES string of the molecule is CCCCOc1ccc(NC(=O)CSc2ccc(NS(=O)(=O)c3cccs3)cc2)cc1. The highest BCUT2D eigenvalue weighted by Crippen LogP contribution is 2.24. The van der Waals surface area contributed by atoms with Gasteiger partial charge in [-0.25, -0.2) is 8.42 Å². The van der Waals surface area contributed by atoms with Gasteiger partial charge >= 0.3 is 0 Å². The first-order chi connectivity index (χ1) is 15.0. The normalized spacial score (nSPS) is 11.1. The van der Waals surface area contributed by atoms with Crippen LogP contribution in [0.25, 0.3) is 0 Å². The number of hydrogen-bond acceptors (Lipinski definition) is 6. The number of nitrogens with one attached hydrogen (secondary N) is 2. The molecular weight excluding hydrogens is 452 g/mol. The number of thioether (sulfide) groups is 1. The Morgan fingerprint density at radius 3 is 2.39 bits per heavy atom. The first-order valence-electron chi connectivity index (χ1n) is 9.78. The lowest BCUT2D eigenvalue weighted by molar-refractivity contribution is -0.113. The molecule has 31 heavy (non-hydrogen) atoms. The van der Waals surface area contributed by atoms with Crippen LogP contribution in [0.3, 0.4) is 0 Å². The fourth-order valence-electron chi connectivity index (χ4n) is 2.56. The van der Waals surface area contributed by atoms with E-state index in [9.17, 15) is 13.2 Å². The number of hydrogen-bond donors (Lipinski definition) is 2. The highest BCUT2D eigenvalue weighted by molar-refractivity contribution is 8.00. The minimum absolute atomic E-state index is 0.118. The van der Waals surface area contributed by atoms with Crippen LogP contribution in [0.5, 0.6) is 5.75 Å². The van der Waals surface area contributed by atoms with E-state index in [1.807, 2.05) is 24.3 Å². The van der Waals surface area contributed by atoms with Crippen molar-refractivity contribution < 1.29 is 17.9 Å². The number of anilines is 2. The number of unbranched alkanes of at least 4 members (excludes halogenated alkanes) is 1. The Kier molecular flexibility index (Phi) is 8.39. The van der Waals surface area contributed by atoms with Gasteiger partial charge in [0.25, 0.3) is 10.0 Å². The van der Waals surface area contributed by atoms with E-state index in [1.165, 1.54) is 11.8 Å². The molecule has 0 radical (unpaired) electrons. The minimum atomic E-state index is -3.56. The van der Waals surface area contributed by atoms with Crippen LogP contribution in [0.2, 0.25) is 0 Å². The van der Waals surface area contributed by atoms with Crippen LogP contribution in [-0.2, 0) is 14.8 Å². The van der Waals surface area contributed by atoms with E-state index in [0.29, 0.717) is 18.0 Å². The topological polar surface area (TPSA) is 84.5 Å². The van der Waals surface area contributed by atoms with Crippen molar-refractivity contribution in [1.29, 1.82) is 0 Å². The third-order valence-corrected chi connectivity index (χ3v) is 7.93. The van der Waals surface area contributed by atoms with Crippen molar-refractivity contribution in [1.82, 2.24) is 0 Å². The zero-order chi connectivity index (χ0) is 22.1. The largest absolute Gasteiger partial charge is 0.494 e. The molecule has 0 aliphatic heterocycles. The van der Waals surface area contributed by atoms with E-state index in [2.05, 4.69) is 17.0 Å². The standard InChI is InChI=1S/C22H24N2O4S3/c1-2-3-14-28-19-10-6-17(7-11-19)23-21(25)16-30-20-12-8-18(9-13-20)24-31(26,27)22-5-4-15-29-22/h4-13,15,24H,2-3,14,16H2,1H3,(H,23,25). The first kappa shape index (κ1) is 23.2. The summed E-state index contributed by atoms with van der Waals surface area (Å²) in [6.45, 7) is 2.80. The van der Waals surface area contributed by atoms with Crippen molar-refractivity contribution >= 4 is 50.4 Å². The molecule has 0 saturated carbocycles. The molecule has 3 aromatic rings. The van der Waals surface area contributed by atoms with E-state index >= 15 is 0 Å². The molecule has 1 aromatic heterocycles. The van der Waals surface area contributed by atoms with Crippen LogP contribution in [0, 0.1) is 0 Å². The zero-order valence-electron chi connectivity index (χ0n) is 17.0. The lowest BCUT2D eigenvalue weighted by Gasteiger charge is -2.09. The lowest BCUT2D eigenvalue weighted by Crippen LogP contribution is -2.14. The number of carbonyl (C=O) groups excluding carboxylic acids is 1. The van der Waals surface area contributed by atoms with E-state index in [-0.39, 0.29) is 15.9 Å². The number of ether oxygens (including phenoxy) is 1. The van der Waals surface area contributed by atoms with Gasteiger partial charge in [0.1, 0.15) is 9.96 Å². The van der Waals surface area contributed by atoms with E-state index in [0.717, 1.165) is 34.8 Å². The number of rotatable bonds is 11. The molecule has 2 N–H and O–H groups in total. The quantitative estimate of drug-likeness (QED) is 0.284. The van der Waals surface area contributed by atoms with Crippen LogP contribution >= 0.6 is 23.1 Å². The number of sulfonamides is 1. The molecule has 0 fully saturated rings. The van der Waals surface area contributed by atoms with Gasteiger partial charge in [-0.05, 0) is 66.4 Å². The summed E-state index contributed by atoms with van der Waals surface area (Å²) < 4.78 is 32.9. The summed E-state index contributed by atoms with van der Waals surface area (Å²) >= 11 is 2.54. The molecule has 1 amide bonds. The summed E-state index contributed by atoms with van der Waals surface area (Å²) in [5.41, 5.74) is 1.19. The van der Waals surface area contributed by atoms with Crippen molar-refractivity contribution in [2.75, 3.05) is 22.4 Å². The second kappa shape index (κ2) is 11.2. The number of benzene rings is 2. The molecule has 1 heterocycles. The molecular formula is C22H24N2O4S3. The Balaban J connectivity index is 1.46. The maximum absolute atomic E-state index is 12.3. The molecule has 0 unspecified atom stereocenters. The molecule has 3 rings (SSSR count). The molecule has 0 aliphatic carbocycles. The highest BCUT2D eigenvalue weighted by Gasteiger charge is 2.15. The predicted octanol–water partition coefficient (Wildman–Crippen LogP) is 5.46. The fraction of sp³-hybridized carbons (Fsp3) is 0.227. The minimum Gasteiger partial charge on any atom is -0.494 e. The van der Waals surface area contributed by atoms with Gasteiger partial charge in [0, 0.05) is 16.3 Å². The Hall–Kier alpha value is -2.49. The van der Waals surface area contributed by atoms with Crippen molar-refractivity contribution in [3.63, 3.8) is 0 Å². The van der Waals surface area contributed by atoms with Gasteiger partial charge in [-0.2, -0.15) is 0 Å². The van der Waals surface area contributed by atoms with Gasteiger partial charge in [-0.3, -0.25) is 9.52 Å². The van der Waals surface area contributed by atoms with E-state index in [1.54, 1.807) is 41.8 Å². The van der Waals surface area contributed by atoms with Crippen molar-refractivity contribution in [3.05, 3.63) is 66.0 Å². The number of amides is 1. The van der Waals surface area contributed by atoms with Crippen molar-refractivity contribution in [3.8, 4) is 5.75 Å². The smallest absolute Gasteiger partial charge is 0.271 e. The second-order valence-corrected chi connectivity index (χ2v) is 10.5. The molecule has 6 nitrogen and oxygen atoms in total. The Bertz CT molecular complexity index is 1060.